The maximum absolute atomic E-state index is 7.00. The van der Waals surface area contributed by atoms with Crippen molar-refractivity contribution in [2.45, 2.75) is 87.2 Å². The van der Waals surface area contributed by atoms with E-state index >= 15 is 0 Å². The highest BCUT2D eigenvalue weighted by molar-refractivity contribution is 5.86. The fraction of sp³-hybridized carbons (Fsp3) is 0.538. The minimum absolute atomic E-state index is 0.312. The number of aryl methyl sites for hydroxylation is 2. The van der Waals surface area contributed by atoms with Gasteiger partial charge in [0.2, 0.25) is 0 Å². The molecule has 0 saturated heterocycles. The highest BCUT2D eigenvalue weighted by atomic mass is 16.2. The molecule has 0 aliphatic rings. The van der Waals surface area contributed by atoms with Crippen molar-refractivity contribution in [1.82, 2.24) is 14.5 Å². The van der Waals surface area contributed by atoms with E-state index in [9.17, 15) is 0 Å². The summed E-state index contributed by atoms with van der Waals surface area (Å²) in [6, 6.07) is 7.29. The quantitative estimate of drug-likeness (QED) is 0.467. The second-order valence-electron chi connectivity index (χ2n) is 8.42. The van der Waals surface area contributed by atoms with Crippen LogP contribution in [0.2, 0.25) is 0 Å². The number of hydrogen-bond acceptors (Lipinski definition) is 4. The first kappa shape index (κ1) is 26.6. The van der Waals surface area contributed by atoms with E-state index in [-0.39, 0.29) is 0 Å². The molecule has 3 aromatic rings. The van der Waals surface area contributed by atoms with Gasteiger partial charge in [0.15, 0.2) is 0 Å². The molecule has 0 radical (unpaired) electrons. The molecule has 3 aromatic heterocycles. The van der Waals surface area contributed by atoms with Crippen molar-refractivity contribution in [2.75, 3.05) is 12.4 Å². The zero-order valence-corrected chi connectivity index (χ0v) is 21.3. The number of aliphatic hydroxyl groups excluding tert-OH is 1. The average Bonchev–Trinajstić information content (AvgIpc) is 3.06. The summed E-state index contributed by atoms with van der Waals surface area (Å²) in [4.78, 5) is 10.00. The number of aromatic nitrogens is 3. The maximum atomic E-state index is 7.00. The van der Waals surface area contributed by atoms with Crippen LogP contribution < -0.4 is 5.32 Å². The molecule has 172 valence electrons. The molecular weight excluding hydrogens is 384 g/mol. The Labute approximate surface area is 188 Å². The van der Waals surface area contributed by atoms with Gasteiger partial charge in [0, 0.05) is 36.6 Å². The van der Waals surface area contributed by atoms with Crippen LogP contribution in [0.3, 0.4) is 0 Å². The Morgan fingerprint density at radius 2 is 1.52 bits per heavy atom. The summed E-state index contributed by atoms with van der Waals surface area (Å²) in [6.07, 6.45) is 2.21. The number of hydrogen-bond donors (Lipinski definition) is 2. The van der Waals surface area contributed by atoms with Crippen LogP contribution in [0, 0.1) is 13.8 Å². The third-order valence-corrected chi connectivity index (χ3v) is 4.92. The topological polar surface area (TPSA) is 63.0 Å². The number of nitrogens with one attached hydrogen (secondary N) is 1. The number of rotatable bonds is 5. The van der Waals surface area contributed by atoms with Crippen molar-refractivity contribution in [3.63, 3.8) is 0 Å². The third-order valence-electron chi connectivity index (χ3n) is 4.92. The van der Waals surface area contributed by atoms with Crippen LogP contribution in [0.4, 0.5) is 5.82 Å². The molecule has 3 heterocycles. The van der Waals surface area contributed by atoms with Crippen molar-refractivity contribution in [3.8, 4) is 11.3 Å². The zero-order chi connectivity index (χ0) is 23.9. The standard InChI is InChI=1S/C23H32N4.C2H6.CH4O/c1-13(2)19-10-9-18(23(25-19)24-14(3)4)21-16(7)11-20-22(26-21)17(8)12-27(20)15(5)6;2*1-2/h9-15H,1-8H3,(H,24,25);1-2H3;2H,1H3. The smallest absolute Gasteiger partial charge is 0.135 e. The third kappa shape index (κ3) is 6.07. The number of anilines is 1. The lowest BCUT2D eigenvalue weighted by Gasteiger charge is -2.18. The Balaban J connectivity index is 0.00000113. The summed E-state index contributed by atoms with van der Waals surface area (Å²) in [5, 5.41) is 10.5. The van der Waals surface area contributed by atoms with Gasteiger partial charge in [-0.15, -0.1) is 0 Å². The monoisotopic (exact) mass is 426 g/mol. The fourth-order valence-electron chi connectivity index (χ4n) is 3.50. The summed E-state index contributed by atoms with van der Waals surface area (Å²) in [6.45, 7) is 21.3. The molecule has 31 heavy (non-hydrogen) atoms. The SMILES string of the molecule is CC.CO.Cc1cc2c(nc1-c1ccc(C(C)C)nc1NC(C)C)c(C)cn2C(C)C. The number of pyridine rings is 2. The predicted octanol–water partition coefficient (Wildman–Crippen LogP) is 6.87. The normalized spacial score (nSPS) is 10.8. The Morgan fingerprint density at radius 3 is 2.03 bits per heavy atom. The summed E-state index contributed by atoms with van der Waals surface area (Å²) in [7, 11) is 1.00. The van der Waals surface area contributed by atoms with Crippen molar-refractivity contribution in [3.05, 3.63) is 41.2 Å². The van der Waals surface area contributed by atoms with Crippen LogP contribution in [-0.4, -0.2) is 32.8 Å². The lowest BCUT2D eigenvalue weighted by molar-refractivity contribution is 0.399. The molecule has 0 aromatic carbocycles. The first-order valence-electron chi connectivity index (χ1n) is 11.4. The van der Waals surface area contributed by atoms with Crippen LogP contribution in [0.5, 0.6) is 0 Å². The minimum Gasteiger partial charge on any atom is -0.400 e. The van der Waals surface area contributed by atoms with Crippen LogP contribution >= 0.6 is 0 Å². The van der Waals surface area contributed by atoms with Gasteiger partial charge in [0.25, 0.3) is 0 Å². The van der Waals surface area contributed by atoms with Crippen molar-refractivity contribution in [1.29, 1.82) is 0 Å². The van der Waals surface area contributed by atoms with Gasteiger partial charge in [0.1, 0.15) is 5.82 Å². The van der Waals surface area contributed by atoms with Gasteiger partial charge in [-0.25, -0.2) is 9.97 Å². The van der Waals surface area contributed by atoms with Gasteiger partial charge in [-0.2, -0.15) is 0 Å². The van der Waals surface area contributed by atoms with E-state index in [0.717, 1.165) is 35.4 Å². The fourth-order valence-corrected chi connectivity index (χ4v) is 3.50. The Hall–Kier alpha value is -2.40. The second kappa shape index (κ2) is 11.8. The van der Waals surface area contributed by atoms with E-state index in [2.05, 4.69) is 89.7 Å². The average molecular weight is 427 g/mol. The molecule has 0 aliphatic carbocycles. The molecule has 2 N–H and O–H groups in total. The predicted molar refractivity (Wildman–Crippen MR) is 135 cm³/mol. The molecule has 0 aliphatic heterocycles. The lowest BCUT2D eigenvalue weighted by Crippen LogP contribution is -2.13. The molecule has 5 heteroatoms. The molecule has 0 spiro atoms. The number of nitrogens with zero attached hydrogens (tertiary/aromatic N) is 3. The van der Waals surface area contributed by atoms with E-state index in [1.807, 2.05) is 13.8 Å². The lowest BCUT2D eigenvalue weighted by atomic mass is 10.0. The van der Waals surface area contributed by atoms with Crippen LogP contribution in [0.25, 0.3) is 22.3 Å². The highest BCUT2D eigenvalue weighted by Crippen LogP contribution is 2.33. The van der Waals surface area contributed by atoms with Gasteiger partial charge >= 0.3 is 0 Å². The van der Waals surface area contributed by atoms with Gasteiger partial charge in [0.05, 0.1) is 16.7 Å². The largest absolute Gasteiger partial charge is 0.400 e. The van der Waals surface area contributed by atoms with Crippen molar-refractivity contribution in [2.24, 2.45) is 0 Å². The first-order valence-corrected chi connectivity index (χ1v) is 11.4. The maximum Gasteiger partial charge on any atom is 0.135 e. The Morgan fingerprint density at radius 1 is 0.903 bits per heavy atom. The minimum atomic E-state index is 0.312. The molecule has 5 nitrogen and oxygen atoms in total. The molecule has 0 saturated carbocycles. The van der Waals surface area contributed by atoms with E-state index in [1.54, 1.807) is 0 Å². The molecule has 0 bridgehead atoms. The first-order chi connectivity index (χ1) is 14.7. The van der Waals surface area contributed by atoms with Crippen molar-refractivity contribution < 1.29 is 5.11 Å². The summed E-state index contributed by atoms with van der Waals surface area (Å²) in [5.41, 5.74) is 7.85. The van der Waals surface area contributed by atoms with Gasteiger partial charge in [-0.05, 0) is 76.8 Å². The molecule has 0 amide bonds. The van der Waals surface area contributed by atoms with Gasteiger partial charge in [-0.1, -0.05) is 27.7 Å². The molecule has 0 unspecified atom stereocenters. The van der Waals surface area contributed by atoms with E-state index in [4.69, 9.17) is 15.1 Å². The molecule has 0 atom stereocenters. The van der Waals surface area contributed by atoms with Crippen LogP contribution in [-0.2, 0) is 0 Å². The molecular formula is C26H42N4O. The molecule has 3 rings (SSSR count). The zero-order valence-electron chi connectivity index (χ0n) is 21.3. The van der Waals surface area contributed by atoms with Crippen molar-refractivity contribution >= 4 is 16.9 Å². The Kier molecular flexibility index (Phi) is 10.2. The van der Waals surface area contributed by atoms with E-state index in [0.29, 0.717) is 18.0 Å². The molecule has 0 fully saturated rings. The second-order valence-corrected chi connectivity index (χ2v) is 8.42. The van der Waals surface area contributed by atoms with E-state index < -0.39 is 0 Å². The number of fused-ring (bicyclic) bond motifs is 1. The number of aliphatic hydroxyl groups is 1. The Bertz CT molecular complexity index is 971. The summed E-state index contributed by atoms with van der Waals surface area (Å²) in [5.74, 6) is 1.32. The summed E-state index contributed by atoms with van der Waals surface area (Å²) >= 11 is 0. The van der Waals surface area contributed by atoms with Crippen LogP contribution in [0.1, 0.15) is 84.2 Å². The highest BCUT2D eigenvalue weighted by Gasteiger charge is 2.17. The van der Waals surface area contributed by atoms with Crippen LogP contribution in [0.15, 0.2) is 24.4 Å². The van der Waals surface area contributed by atoms with E-state index in [1.165, 1.54) is 16.6 Å². The van der Waals surface area contributed by atoms with Gasteiger partial charge in [-0.3, -0.25) is 0 Å². The van der Waals surface area contributed by atoms with Gasteiger partial charge < -0.3 is 15.0 Å². The summed E-state index contributed by atoms with van der Waals surface area (Å²) < 4.78 is 2.31.